The molecule has 1 aliphatic carbocycles. The Balaban J connectivity index is 1.16. The van der Waals surface area contributed by atoms with E-state index in [0.717, 1.165) is 5.69 Å². The number of para-hydroxylation sites is 2. The number of hydrogen-bond acceptors (Lipinski definition) is 1. The van der Waals surface area contributed by atoms with E-state index in [1.165, 1.54) is 88.6 Å². The van der Waals surface area contributed by atoms with E-state index < -0.39 is 0 Å². The van der Waals surface area contributed by atoms with E-state index in [9.17, 15) is 0 Å². The second-order valence-corrected chi connectivity index (χ2v) is 13.8. The van der Waals surface area contributed by atoms with Crippen LogP contribution in [0.5, 0.6) is 0 Å². The summed E-state index contributed by atoms with van der Waals surface area (Å²) in [5.74, 6) is 0. The molecule has 8 aromatic carbocycles. The summed E-state index contributed by atoms with van der Waals surface area (Å²) in [6.45, 7) is 4.75. The average Bonchev–Trinajstić information content (AvgIpc) is 3.35. The third-order valence-corrected chi connectivity index (χ3v) is 10.8. The number of hydrogen-bond donors (Lipinski definition) is 0. The maximum absolute atomic E-state index is 2.46. The zero-order valence-corrected chi connectivity index (χ0v) is 27.0. The Morgan fingerprint density at radius 3 is 1.62 bits per heavy atom. The Bertz CT molecular complexity index is 2520. The number of nitrogens with zero attached hydrogens (tertiary/aromatic N) is 1. The smallest absolute Gasteiger partial charge is 0.0540 e. The van der Waals surface area contributed by atoms with Crippen LogP contribution in [0.1, 0.15) is 25.0 Å². The van der Waals surface area contributed by atoms with Crippen molar-refractivity contribution in [2.75, 3.05) is 4.90 Å². The van der Waals surface area contributed by atoms with Gasteiger partial charge in [-0.3, -0.25) is 0 Å². The van der Waals surface area contributed by atoms with E-state index in [1.54, 1.807) is 0 Å². The van der Waals surface area contributed by atoms with Gasteiger partial charge in [0.1, 0.15) is 0 Å². The van der Waals surface area contributed by atoms with Crippen LogP contribution in [-0.2, 0) is 5.41 Å². The Hall–Kier alpha value is -5.92. The molecule has 8 aromatic rings. The van der Waals surface area contributed by atoms with Gasteiger partial charge in [-0.25, -0.2) is 0 Å². The van der Waals surface area contributed by atoms with E-state index in [1.807, 2.05) is 0 Å². The summed E-state index contributed by atoms with van der Waals surface area (Å²) >= 11 is 0. The summed E-state index contributed by atoms with van der Waals surface area (Å²) in [5.41, 5.74) is 16.4. The second kappa shape index (κ2) is 10.0. The van der Waals surface area contributed by atoms with Gasteiger partial charge in [0, 0.05) is 22.2 Å². The molecule has 1 heterocycles. The van der Waals surface area contributed by atoms with E-state index in [0.29, 0.717) is 0 Å². The van der Waals surface area contributed by atoms with Crippen LogP contribution in [0.4, 0.5) is 17.1 Å². The Kier molecular flexibility index (Phi) is 5.69. The molecule has 0 saturated carbocycles. The van der Waals surface area contributed by atoms with Gasteiger partial charge < -0.3 is 4.90 Å². The van der Waals surface area contributed by atoms with E-state index >= 15 is 0 Å². The van der Waals surface area contributed by atoms with Crippen LogP contribution >= 0.6 is 0 Å². The van der Waals surface area contributed by atoms with Crippen molar-refractivity contribution in [2.45, 2.75) is 19.3 Å². The molecule has 2 aliphatic rings. The molecule has 0 bridgehead atoms. The molecular formula is C47H33N. The van der Waals surface area contributed by atoms with Crippen LogP contribution in [0.2, 0.25) is 0 Å². The Morgan fingerprint density at radius 2 is 0.917 bits per heavy atom. The molecule has 10 rings (SSSR count). The van der Waals surface area contributed by atoms with Gasteiger partial charge >= 0.3 is 0 Å². The molecule has 1 heteroatoms. The largest absolute Gasteiger partial charge is 0.309 e. The van der Waals surface area contributed by atoms with Crippen molar-refractivity contribution in [2.24, 2.45) is 0 Å². The maximum Gasteiger partial charge on any atom is 0.0540 e. The lowest BCUT2D eigenvalue weighted by molar-refractivity contribution is 0.661. The van der Waals surface area contributed by atoms with Crippen molar-refractivity contribution in [3.63, 3.8) is 0 Å². The molecule has 0 aromatic heterocycles. The van der Waals surface area contributed by atoms with Gasteiger partial charge in [-0.15, -0.1) is 0 Å². The number of benzene rings is 8. The van der Waals surface area contributed by atoms with E-state index in [2.05, 4.69) is 183 Å². The first kappa shape index (κ1) is 27.2. The Labute approximate surface area is 281 Å². The van der Waals surface area contributed by atoms with Crippen LogP contribution in [0.15, 0.2) is 164 Å². The lowest BCUT2D eigenvalue weighted by atomic mass is 9.81. The minimum atomic E-state index is -0.0857. The second-order valence-electron chi connectivity index (χ2n) is 13.8. The lowest BCUT2D eigenvalue weighted by Gasteiger charge is -2.32. The van der Waals surface area contributed by atoms with Crippen LogP contribution in [-0.4, -0.2) is 0 Å². The topological polar surface area (TPSA) is 3.24 Å². The highest BCUT2D eigenvalue weighted by Gasteiger charge is 2.36. The first-order valence-corrected chi connectivity index (χ1v) is 16.9. The fraction of sp³-hybridized carbons (Fsp3) is 0.0638. The minimum Gasteiger partial charge on any atom is -0.309 e. The summed E-state index contributed by atoms with van der Waals surface area (Å²) < 4.78 is 0. The summed E-state index contributed by atoms with van der Waals surface area (Å²) in [6.07, 6.45) is 0. The van der Waals surface area contributed by atoms with Crippen molar-refractivity contribution in [3.05, 3.63) is 175 Å². The number of anilines is 3. The summed E-state index contributed by atoms with van der Waals surface area (Å²) in [6, 6.07) is 60.8. The SMILES string of the molecule is CC1(C)c2cc(-c3cccc(N4c5ccccc5-c5cccc6cccc(c56)-c5ccccc54)c3)ccc2-c2cc3ccccc3cc21. The van der Waals surface area contributed by atoms with Crippen molar-refractivity contribution >= 4 is 38.6 Å². The minimum absolute atomic E-state index is 0.0857. The van der Waals surface area contributed by atoms with Crippen LogP contribution in [0.3, 0.4) is 0 Å². The summed E-state index contributed by atoms with van der Waals surface area (Å²) in [5, 5.41) is 5.17. The van der Waals surface area contributed by atoms with Gasteiger partial charge in [0.05, 0.1) is 11.4 Å². The first-order chi connectivity index (χ1) is 23.6. The number of rotatable bonds is 2. The highest BCUT2D eigenvalue weighted by atomic mass is 15.1. The highest BCUT2D eigenvalue weighted by Crippen LogP contribution is 2.53. The maximum atomic E-state index is 2.46. The monoisotopic (exact) mass is 611 g/mol. The number of fused-ring (bicyclic) bond motifs is 8. The fourth-order valence-electron chi connectivity index (χ4n) is 8.42. The molecule has 0 spiro atoms. The van der Waals surface area contributed by atoms with Gasteiger partial charge in [0.15, 0.2) is 0 Å². The normalized spacial score (nSPS) is 13.8. The summed E-state index contributed by atoms with van der Waals surface area (Å²) in [7, 11) is 0. The van der Waals surface area contributed by atoms with Crippen LogP contribution in [0.25, 0.3) is 66.1 Å². The molecule has 0 saturated heterocycles. The van der Waals surface area contributed by atoms with Crippen molar-refractivity contribution in [1.82, 2.24) is 0 Å². The molecule has 0 atom stereocenters. The van der Waals surface area contributed by atoms with Crippen LogP contribution in [0, 0.1) is 0 Å². The zero-order chi connectivity index (χ0) is 32.0. The first-order valence-electron chi connectivity index (χ1n) is 16.9. The molecule has 0 radical (unpaired) electrons. The van der Waals surface area contributed by atoms with Crippen molar-refractivity contribution in [1.29, 1.82) is 0 Å². The average molecular weight is 612 g/mol. The molecule has 0 N–H and O–H groups in total. The van der Waals surface area contributed by atoms with Gasteiger partial charge in [-0.2, -0.15) is 0 Å². The predicted molar refractivity (Wildman–Crippen MR) is 204 cm³/mol. The third-order valence-electron chi connectivity index (χ3n) is 10.8. The molecule has 226 valence electrons. The molecule has 0 fully saturated rings. The lowest BCUT2D eigenvalue weighted by Crippen LogP contribution is -2.15. The van der Waals surface area contributed by atoms with Gasteiger partial charge in [-0.1, -0.05) is 135 Å². The molecule has 1 nitrogen and oxygen atoms in total. The predicted octanol–water partition coefficient (Wildman–Crippen LogP) is 13.1. The molecule has 48 heavy (non-hydrogen) atoms. The van der Waals surface area contributed by atoms with E-state index in [-0.39, 0.29) is 5.41 Å². The molecule has 0 unspecified atom stereocenters. The van der Waals surface area contributed by atoms with E-state index in [4.69, 9.17) is 0 Å². The summed E-state index contributed by atoms with van der Waals surface area (Å²) in [4.78, 5) is 2.46. The van der Waals surface area contributed by atoms with Gasteiger partial charge in [0.2, 0.25) is 0 Å². The zero-order valence-electron chi connectivity index (χ0n) is 27.0. The molecular weight excluding hydrogens is 579 g/mol. The highest BCUT2D eigenvalue weighted by molar-refractivity contribution is 6.12. The quantitative estimate of drug-likeness (QED) is 0.188. The molecule has 0 amide bonds. The standard InChI is InChI=1S/C47H33N/c1-47(2)42-29-34(24-25-36(42)41-27-32-12-3-4-13-33(32)28-43(41)47)31-16-9-17-35(26-31)48-44-22-7-5-18-37(44)39-20-10-14-30-15-11-21-40(46(30)39)38-19-6-8-23-45(38)48/h3-29H,1-2H3. The fourth-order valence-corrected chi connectivity index (χ4v) is 8.42. The van der Waals surface area contributed by atoms with Gasteiger partial charge in [0.25, 0.3) is 0 Å². The third kappa shape index (κ3) is 3.85. The van der Waals surface area contributed by atoms with Gasteiger partial charge in [-0.05, 0) is 109 Å². The van der Waals surface area contributed by atoms with Crippen LogP contribution < -0.4 is 4.90 Å². The van der Waals surface area contributed by atoms with Crippen molar-refractivity contribution in [3.8, 4) is 44.5 Å². The van der Waals surface area contributed by atoms with Crippen molar-refractivity contribution < 1.29 is 0 Å². The Morgan fingerprint density at radius 1 is 0.375 bits per heavy atom. The molecule has 1 aliphatic heterocycles.